The molecule has 1 atom stereocenters. The second-order valence-electron chi connectivity index (χ2n) is 8.48. The Bertz CT molecular complexity index is 1200. The maximum atomic E-state index is 13.0. The van der Waals surface area contributed by atoms with Gasteiger partial charge >= 0.3 is 5.69 Å². The van der Waals surface area contributed by atoms with Crippen LogP contribution in [0.1, 0.15) is 36.2 Å². The van der Waals surface area contributed by atoms with Crippen molar-refractivity contribution in [1.82, 2.24) is 19.8 Å². The summed E-state index contributed by atoms with van der Waals surface area (Å²) in [6, 6.07) is 14.7. The van der Waals surface area contributed by atoms with Crippen LogP contribution in [0.5, 0.6) is 5.75 Å². The van der Waals surface area contributed by atoms with E-state index in [2.05, 4.69) is 28.7 Å². The van der Waals surface area contributed by atoms with Gasteiger partial charge in [0.05, 0.1) is 11.4 Å². The number of phenols is 1. The van der Waals surface area contributed by atoms with Gasteiger partial charge in [0.15, 0.2) is 0 Å². The first-order valence-electron chi connectivity index (χ1n) is 11.4. The highest BCUT2D eigenvalue weighted by molar-refractivity contribution is 5.95. The summed E-state index contributed by atoms with van der Waals surface area (Å²) in [6.45, 7) is 9.63. The maximum absolute atomic E-state index is 13.0. The number of nitrogens with one attached hydrogen (secondary N) is 1. The highest BCUT2D eigenvalue weighted by Crippen LogP contribution is 2.26. The Kier molecular flexibility index (Phi) is 6.60. The summed E-state index contributed by atoms with van der Waals surface area (Å²) in [4.78, 5) is 36.4. The number of aromatic nitrogens is 2. The SMILES string of the molecule is CCN(CC)C1CCN(C(=O)c2ccc(-c3cc(-c4ccc(O)c(C)c4)nc(=O)[nH]3)cc2)C1. The van der Waals surface area contributed by atoms with Gasteiger partial charge in [-0.2, -0.15) is 4.98 Å². The molecule has 172 valence electrons. The van der Waals surface area contributed by atoms with Crippen LogP contribution in [0.4, 0.5) is 0 Å². The number of carbonyl (C=O) groups excluding carboxylic acids is 1. The van der Waals surface area contributed by atoms with Crippen LogP contribution in [0.15, 0.2) is 53.3 Å². The van der Waals surface area contributed by atoms with Gasteiger partial charge in [-0.25, -0.2) is 4.79 Å². The summed E-state index contributed by atoms with van der Waals surface area (Å²) >= 11 is 0. The molecule has 1 unspecified atom stereocenters. The van der Waals surface area contributed by atoms with Crippen molar-refractivity contribution in [1.29, 1.82) is 0 Å². The third-order valence-electron chi connectivity index (χ3n) is 6.46. The highest BCUT2D eigenvalue weighted by Gasteiger charge is 2.29. The lowest BCUT2D eigenvalue weighted by Crippen LogP contribution is -2.38. The minimum absolute atomic E-state index is 0.0414. The normalized spacial score (nSPS) is 15.9. The molecule has 2 N–H and O–H groups in total. The van der Waals surface area contributed by atoms with Gasteiger partial charge in [-0.3, -0.25) is 9.69 Å². The molecule has 2 aromatic carbocycles. The van der Waals surface area contributed by atoms with E-state index in [0.717, 1.165) is 43.7 Å². The molecule has 3 aromatic rings. The second-order valence-corrected chi connectivity index (χ2v) is 8.48. The Balaban J connectivity index is 1.54. The molecule has 1 saturated heterocycles. The van der Waals surface area contributed by atoms with Crippen molar-refractivity contribution in [3.8, 4) is 28.3 Å². The molecule has 0 saturated carbocycles. The summed E-state index contributed by atoms with van der Waals surface area (Å²) in [5.41, 5.74) is 3.60. The average molecular weight is 447 g/mol. The first kappa shape index (κ1) is 22.7. The van der Waals surface area contributed by atoms with Gasteiger partial charge in [-0.05, 0) is 74.0 Å². The molecule has 1 aliphatic rings. The van der Waals surface area contributed by atoms with Gasteiger partial charge < -0.3 is 15.0 Å². The van der Waals surface area contributed by atoms with Gasteiger partial charge in [-0.15, -0.1) is 0 Å². The molecule has 7 nitrogen and oxygen atoms in total. The summed E-state index contributed by atoms with van der Waals surface area (Å²) in [6.07, 6.45) is 1.00. The maximum Gasteiger partial charge on any atom is 0.345 e. The van der Waals surface area contributed by atoms with Gasteiger partial charge in [-0.1, -0.05) is 26.0 Å². The number of nitrogens with zero attached hydrogens (tertiary/aromatic N) is 3. The number of benzene rings is 2. The summed E-state index contributed by atoms with van der Waals surface area (Å²) < 4.78 is 0. The Labute approximate surface area is 193 Å². The molecule has 0 spiro atoms. The van der Waals surface area contributed by atoms with Crippen LogP contribution in [0.25, 0.3) is 22.5 Å². The fourth-order valence-electron chi connectivity index (χ4n) is 4.52. The minimum atomic E-state index is -0.451. The highest BCUT2D eigenvalue weighted by atomic mass is 16.3. The smallest absolute Gasteiger partial charge is 0.345 e. The molecule has 0 bridgehead atoms. The molecule has 4 rings (SSSR count). The molecule has 1 aromatic heterocycles. The monoisotopic (exact) mass is 446 g/mol. The predicted octanol–water partition coefficient (Wildman–Crippen LogP) is 3.67. The quantitative estimate of drug-likeness (QED) is 0.603. The van der Waals surface area contributed by atoms with Crippen LogP contribution in [0.3, 0.4) is 0 Å². The van der Waals surface area contributed by atoms with Crippen LogP contribution >= 0.6 is 0 Å². The first-order chi connectivity index (χ1) is 15.9. The molecule has 1 aliphatic heterocycles. The predicted molar refractivity (Wildman–Crippen MR) is 129 cm³/mol. The van der Waals surface area contributed by atoms with Gasteiger partial charge in [0.2, 0.25) is 0 Å². The second kappa shape index (κ2) is 9.58. The van der Waals surface area contributed by atoms with Crippen molar-refractivity contribution in [2.75, 3.05) is 26.2 Å². The van der Waals surface area contributed by atoms with E-state index in [1.807, 2.05) is 29.2 Å². The zero-order chi connectivity index (χ0) is 23.5. The Morgan fingerprint density at radius 1 is 1.12 bits per heavy atom. The average Bonchev–Trinajstić information content (AvgIpc) is 3.31. The number of rotatable bonds is 6. The number of amides is 1. The number of aromatic hydroxyl groups is 1. The number of H-pyrrole nitrogens is 1. The number of hydrogen-bond donors (Lipinski definition) is 2. The lowest BCUT2D eigenvalue weighted by molar-refractivity contribution is 0.0778. The zero-order valence-corrected chi connectivity index (χ0v) is 19.3. The minimum Gasteiger partial charge on any atom is -0.508 e. The Morgan fingerprint density at radius 2 is 1.82 bits per heavy atom. The number of aryl methyl sites for hydroxylation is 1. The molecule has 2 heterocycles. The number of aromatic amines is 1. The first-order valence-corrected chi connectivity index (χ1v) is 11.4. The molecule has 1 fully saturated rings. The number of phenolic OH excluding ortho intramolecular Hbond substituents is 1. The van der Waals surface area contributed by atoms with E-state index in [9.17, 15) is 14.7 Å². The van der Waals surface area contributed by atoms with Gasteiger partial charge in [0.25, 0.3) is 5.91 Å². The fourth-order valence-corrected chi connectivity index (χ4v) is 4.52. The van der Waals surface area contributed by atoms with E-state index < -0.39 is 5.69 Å². The Hall–Kier alpha value is -3.45. The van der Waals surface area contributed by atoms with E-state index in [4.69, 9.17) is 0 Å². The van der Waals surface area contributed by atoms with Crippen molar-refractivity contribution < 1.29 is 9.90 Å². The largest absolute Gasteiger partial charge is 0.508 e. The number of carbonyl (C=O) groups is 1. The van der Waals surface area contributed by atoms with Crippen molar-refractivity contribution in [2.45, 2.75) is 33.2 Å². The number of likely N-dealkylation sites (N-methyl/N-ethyl adjacent to an activating group) is 1. The lowest BCUT2D eigenvalue weighted by atomic mass is 10.0. The summed E-state index contributed by atoms with van der Waals surface area (Å²) in [5.74, 6) is 0.241. The molecule has 33 heavy (non-hydrogen) atoms. The van der Waals surface area contributed by atoms with Crippen LogP contribution in [0, 0.1) is 6.92 Å². The third kappa shape index (κ3) is 4.83. The molecule has 0 aliphatic carbocycles. The molecule has 7 heteroatoms. The van der Waals surface area contributed by atoms with Crippen molar-refractivity contribution in [3.05, 3.63) is 70.1 Å². The van der Waals surface area contributed by atoms with Crippen LogP contribution in [-0.2, 0) is 0 Å². The van der Waals surface area contributed by atoms with E-state index in [-0.39, 0.29) is 11.7 Å². The fraction of sp³-hybridized carbons (Fsp3) is 0.346. The van der Waals surface area contributed by atoms with Crippen LogP contribution < -0.4 is 5.69 Å². The van der Waals surface area contributed by atoms with Gasteiger partial charge in [0, 0.05) is 30.3 Å². The van der Waals surface area contributed by atoms with E-state index in [1.165, 1.54) is 0 Å². The van der Waals surface area contributed by atoms with Crippen LogP contribution in [0.2, 0.25) is 0 Å². The van der Waals surface area contributed by atoms with E-state index >= 15 is 0 Å². The topological polar surface area (TPSA) is 89.5 Å². The Morgan fingerprint density at radius 3 is 2.48 bits per heavy atom. The molecular formula is C26H30N4O3. The summed E-state index contributed by atoms with van der Waals surface area (Å²) in [5, 5.41) is 9.77. The molecular weight excluding hydrogens is 416 g/mol. The van der Waals surface area contributed by atoms with Crippen LogP contribution in [-0.4, -0.2) is 63.0 Å². The van der Waals surface area contributed by atoms with Crippen molar-refractivity contribution >= 4 is 5.91 Å². The standard InChI is InChI=1S/C26H30N4O3/c1-4-29(5-2)21-12-13-30(16-21)25(32)19-8-6-18(7-9-19)22-15-23(28-26(33)27-22)20-10-11-24(31)17(3)14-20/h6-11,14-15,21,31H,4-5,12-13,16H2,1-3H3,(H,27,28,33). The molecule has 1 amide bonds. The van der Waals surface area contributed by atoms with E-state index in [0.29, 0.717) is 28.6 Å². The zero-order valence-electron chi connectivity index (χ0n) is 19.3. The molecule has 0 radical (unpaired) electrons. The van der Waals surface area contributed by atoms with E-state index in [1.54, 1.807) is 31.2 Å². The van der Waals surface area contributed by atoms with Crippen molar-refractivity contribution in [3.63, 3.8) is 0 Å². The lowest BCUT2D eigenvalue weighted by Gasteiger charge is -2.26. The number of hydrogen-bond acceptors (Lipinski definition) is 5. The van der Waals surface area contributed by atoms with Gasteiger partial charge in [0.1, 0.15) is 5.75 Å². The van der Waals surface area contributed by atoms with Crippen molar-refractivity contribution in [2.24, 2.45) is 0 Å². The third-order valence-corrected chi connectivity index (χ3v) is 6.46. The number of likely N-dealkylation sites (tertiary alicyclic amines) is 1. The summed E-state index contributed by atoms with van der Waals surface area (Å²) in [7, 11) is 0.